The molecule has 0 aliphatic carbocycles. The summed E-state index contributed by atoms with van der Waals surface area (Å²) in [7, 11) is 1.64. The quantitative estimate of drug-likeness (QED) is 0.893. The van der Waals surface area contributed by atoms with E-state index in [0.717, 1.165) is 22.8 Å². The van der Waals surface area contributed by atoms with Crippen molar-refractivity contribution in [1.82, 2.24) is 0 Å². The molecule has 18 heavy (non-hydrogen) atoms. The van der Waals surface area contributed by atoms with Crippen molar-refractivity contribution in [3.63, 3.8) is 0 Å². The molecule has 1 aromatic rings. The summed E-state index contributed by atoms with van der Waals surface area (Å²) in [6.45, 7) is 0. The van der Waals surface area contributed by atoms with Crippen LogP contribution in [0.2, 0.25) is 0 Å². The summed E-state index contributed by atoms with van der Waals surface area (Å²) in [5.41, 5.74) is 0.858. The van der Waals surface area contributed by atoms with Crippen molar-refractivity contribution in [2.24, 2.45) is 5.92 Å². The predicted molar refractivity (Wildman–Crippen MR) is 72.4 cm³/mol. The largest absolute Gasteiger partial charge is 0.497 e. The highest BCUT2D eigenvalue weighted by Gasteiger charge is 2.34. The van der Waals surface area contributed by atoms with E-state index in [1.54, 1.807) is 7.11 Å². The van der Waals surface area contributed by atoms with E-state index >= 15 is 0 Å². The van der Waals surface area contributed by atoms with Gasteiger partial charge >= 0.3 is 0 Å². The van der Waals surface area contributed by atoms with Crippen molar-refractivity contribution < 1.29 is 14.6 Å². The predicted octanol–water partition coefficient (Wildman–Crippen LogP) is 2.63. The van der Waals surface area contributed by atoms with Crippen LogP contribution in [0.25, 0.3) is 0 Å². The maximum absolute atomic E-state index is 10.3. The first kappa shape index (κ1) is 12.2. The van der Waals surface area contributed by atoms with E-state index in [0.29, 0.717) is 12.3 Å². The first-order valence-corrected chi connectivity index (χ1v) is 7.54. The summed E-state index contributed by atoms with van der Waals surface area (Å²) in [4.78, 5) is 0. The average molecular weight is 266 g/mol. The number of aliphatic hydroxyl groups excluding tert-OH is 1. The minimum atomic E-state index is -0.431. The van der Waals surface area contributed by atoms with E-state index in [4.69, 9.17) is 9.47 Å². The SMILES string of the molecule is COc1ccc2c(c1)[C@@H](O)CC(C1CCSC1)O2. The summed E-state index contributed by atoms with van der Waals surface area (Å²) in [6, 6.07) is 5.67. The van der Waals surface area contributed by atoms with Gasteiger partial charge in [-0.1, -0.05) is 0 Å². The Hall–Kier alpha value is -0.870. The zero-order valence-electron chi connectivity index (χ0n) is 10.5. The Bertz CT molecular complexity index is 429. The second-order valence-corrected chi connectivity index (χ2v) is 6.09. The summed E-state index contributed by atoms with van der Waals surface area (Å²) < 4.78 is 11.2. The second-order valence-electron chi connectivity index (χ2n) is 4.94. The Balaban J connectivity index is 1.83. The third-order valence-corrected chi connectivity index (χ3v) is 4.99. The fourth-order valence-electron chi connectivity index (χ4n) is 2.71. The molecule has 0 amide bonds. The van der Waals surface area contributed by atoms with E-state index in [-0.39, 0.29) is 6.10 Å². The summed E-state index contributed by atoms with van der Waals surface area (Å²) in [5.74, 6) is 4.54. The molecule has 1 N–H and O–H groups in total. The van der Waals surface area contributed by atoms with Crippen molar-refractivity contribution in [2.75, 3.05) is 18.6 Å². The zero-order chi connectivity index (χ0) is 12.5. The van der Waals surface area contributed by atoms with Gasteiger partial charge in [0, 0.05) is 17.9 Å². The molecular weight excluding hydrogens is 248 g/mol. The van der Waals surface area contributed by atoms with Crippen molar-refractivity contribution in [1.29, 1.82) is 0 Å². The van der Waals surface area contributed by atoms with Crippen LogP contribution in [-0.2, 0) is 0 Å². The van der Waals surface area contributed by atoms with E-state index in [1.165, 1.54) is 12.2 Å². The molecule has 3 nitrogen and oxygen atoms in total. The highest BCUT2D eigenvalue weighted by atomic mass is 32.2. The molecule has 1 saturated heterocycles. The van der Waals surface area contributed by atoms with E-state index in [9.17, 15) is 5.11 Å². The van der Waals surface area contributed by atoms with Crippen LogP contribution < -0.4 is 9.47 Å². The highest BCUT2D eigenvalue weighted by molar-refractivity contribution is 7.99. The Morgan fingerprint density at radius 1 is 1.44 bits per heavy atom. The van der Waals surface area contributed by atoms with Gasteiger partial charge in [0.15, 0.2) is 0 Å². The standard InChI is InChI=1S/C14H18O3S/c1-16-10-2-3-13-11(6-10)12(15)7-14(17-13)9-4-5-18-8-9/h2-3,6,9,12,14-15H,4-5,7-8H2,1H3/t9?,12-,14?/m0/s1. The normalized spacial score (nSPS) is 30.7. The molecule has 98 valence electrons. The fraction of sp³-hybridized carbons (Fsp3) is 0.571. The zero-order valence-corrected chi connectivity index (χ0v) is 11.3. The first-order chi connectivity index (χ1) is 8.78. The van der Waals surface area contributed by atoms with Crippen LogP contribution in [0, 0.1) is 5.92 Å². The number of benzene rings is 1. The Morgan fingerprint density at radius 3 is 3.06 bits per heavy atom. The maximum Gasteiger partial charge on any atom is 0.125 e. The number of methoxy groups -OCH3 is 1. The lowest BCUT2D eigenvalue weighted by Gasteiger charge is -2.33. The minimum Gasteiger partial charge on any atom is -0.497 e. The topological polar surface area (TPSA) is 38.7 Å². The fourth-order valence-corrected chi connectivity index (χ4v) is 4.03. The molecule has 1 fully saturated rings. The average Bonchev–Trinajstić information content (AvgIpc) is 2.92. The highest BCUT2D eigenvalue weighted by Crippen LogP contribution is 2.41. The van der Waals surface area contributed by atoms with Crippen LogP contribution in [0.5, 0.6) is 11.5 Å². The maximum atomic E-state index is 10.3. The Labute approximate surface area is 111 Å². The van der Waals surface area contributed by atoms with Crippen LogP contribution in [0.1, 0.15) is 24.5 Å². The van der Waals surface area contributed by atoms with Crippen LogP contribution in [0.3, 0.4) is 0 Å². The molecule has 2 unspecified atom stereocenters. The molecule has 0 saturated carbocycles. The molecule has 2 aliphatic rings. The summed E-state index contributed by atoms with van der Waals surface area (Å²) in [6.07, 6.45) is 1.63. The molecule has 3 atom stereocenters. The molecule has 0 aromatic heterocycles. The third kappa shape index (κ3) is 2.19. The smallest absolute Gasteiger partial charge is 0.125 e. The van der Waals surface area contributed by atoms with Crippen LogP contribution in [0.15, 0.2) is 18.2 Å². The van der Waals surface area contributed by atoms with E-state index in [1.807, 2.05) is 30.0 Å². The van der Waals surface area contributed by atoms with Crippen molar-refractivity contribution in [3.8, 4) is 11.5 Å². The van der Waals surface area contributed by atoms with E-state index < -0.39 is 6.10 Å². The van der Waals surface area contributed by atoms with Crippen molar-refractivity contribution in [3.05, 3.63) is 23.8 Å². The number of fused-ring (bicyclic) bond motifs is 1. The Kier molecular flexibility index (Phi) is 3.39. The number of rotatable bonds is 2. The molecule has 4 heteroatoms. The number of aliphatic hydroxyl groups is 1. The molecular formula is C14H18O3S. The lowest BCUT2D eigenvalue weighted by Crippen LogP contribution is -2.32. The molecule has 0 radical (unpaired) electrons. The summed E-state index contributed by atoms with van der Waals surface area (Å²) >= 11 is 1.98. The van der Waals surface area contributed by atoms with Gasteiger partial charge in [-0.15, -0.1) is 0 Å². The van der Waals surface area contributed by atoms with Crippen molar-refractivity contribution in [2.45, 2.75) is 25.0 Å². The number of ether oxygens (including phenoxy) is 2. The molecule has 0 bridgehead atoms. The molecule has 2 aliphatic heterocycles. The lowest BCUT2D eigenvalue weighted by molar-refractivity contribution is 0.0400. The van der Waals surface area contributed by atoms with Gasteiger partial charge in [0.1, 0.15) is 17.6 Å². The summed E-state index contributed by atoms with van der Waals surface area (Å²) in [5, 5.41) is 10.3. The van der Waals surface area contributed by atoms with Gasteiger partial charge in [0.05, 0.1) is 13.2 Å². The van der Waals surface area contributed by atoms with Gasteiger partial charge in [-0.05, 0) is 36.1 Å². The Morgan fingerprint density at radius 2 is 2.33 bits per heavy atom. The van der Waals surface area contributed by atoms with Crippen LogP contribution in [0.4, 0.5) is 0 Å². The van der Waals surface area contributed by atoms with Crippen LogP contribution >= 0.6 is 11.8 Å². The number of thioether (sulfide) groups is 1. The molecule has 2 heterocycles. The molecule has 0 spiro atoms. The molecule has 3 rings (SSSR count). The third-order valence-electron chi connectivity index (χ3n) is 3.80. The van der Waals surface area contributed by atoms with Crippen molar-refractivity contribution >= 4 is 11.8 Å². The van der Waals surface area contributed by atoms with Gasteiger partial charge in [0.25, 0.3) is 0 Å². The van der Waals surface area contributed by atoms with Gasteiger partial charge in [-0.2, -0.15) is 11.8 Å². The number of hydrogen-bond donors (Lipinski definition) is 1. The first-order valence-electron chi connectivity index (χ1n) is 6.38. The van der Waals surface area contributed by atoms with E-state index in [2.05, 4.69) is 0 Å². The van der Waals surface area contributed by atoms with Crippen LogP contribution in [-0.4, -0.2) is 29.8 Å². The minimum absolute atomic E-state index is 0.163. The second kappa shape index (κ2) is 5.02. The monoisotopic (exact) mass is 266 g/mol. The van der Waals surface area contributed by atoms with Gasteiger partial charge in [0.2, 0.25) is 0 Å². The van der Waals surface area contributed by atoms with Gasteiger partial charge in [-0.25, -0.2) is 0 Å². The van der Waals surface area contributed by atoms with Gasteiger partial charge in [-0.3, -0.25) is 0 Å². The molecule has 1 aromatic carbocycles. The lowest BCUT2D eigenvalue weighted by atomic mass is 9.91. The van der Waals surface area contributed by atoms with Gasteiger partial charge < -0.3 is 14.6 Å². The number of hydrogen-bond acceptors (Lipinski definition) is 4.